The van der Waals surface area contributed by atoms with Crippen LogP contribution in [0.1, 0.15) is 33.7 Å². The molecule has 0 unspecified atom stereocenters. The lowest BCUT2D eigenvalue weighted by Gasteiger charge is -2.07. The summed E-state index contributed by atoms with van der Waals surface area (Å²) in [5.74, 6) is -0.978. The fourth-order valence-corrected chi connectivity index (χ4v) is 2.54. The molecule has 0 radical (unpaired) electrons. The summed E-state index contributed by atoms with van der Waals surface area (Å²) in [6.07, 6.45) is 2.16. The van der Waals surface area contributed by atoms with Crippen LogP contribution in [0.15, 0.2) is 36.9 Å². The molecule has 2 N–H and O–H groups in total. The van der Waals surface area contributed by atoms with Crippen LogP contribution in [0.2, 0.25) is 0 Å². The van der Waals surface area contributed by atoms with Crippen molar-refractivity contribution in [2.45, 2.75) is 26.7 Å². The molecular formula is C18H21N3O3. The van der Waals surface area contributed by atoms with Crippen LogP contribution in [0.25, 0.3) is 5.69 Å². The molecule has 1 amide bonds. The maximum Gasteiger partial charge on any atom is 0.303 e. The second kappa shape index (κ2) is 7.59. The van der Waals surface area contributed by atoms with Crippen molar-refractivity contribution < 1.29 is 14.7 Å². The summed E-state index contributed by atoms with van der Waals surface area (Å²) in [7, 11) is 0. The Morgan fingerprint density at radius 1 is 1.29 bits per heavy atom. The van der Waals surface area contributed by atoms with Crippen LogP contribution in [0.5, 0.6) is 0 Å². The summed E-state index contributed by atoms with van der Waals surface area (Å²) in [6.45, 7) is 7.78. The monoisotopic (exact) mass is 327 g/mol. The van der Waals surface area contributed by atoms with Crippen LogP contribution < -0.4 is 5.32 Å². The van der Waals surface area contributed by atoms with Gasteiger partial charge in [-0.2, -0.15) is 5.10 Å². The zero-order valence-electron chi connectivity index (χ0n) is 13.9. The summed E-state index contributed by atoms with van der Waals surface area (Å²) in [5.41, 5.74) is 4.08. The standard InChI is InChI=1S/C18H21N3O3/c1-4-11-19-18(24)14-5-7-15(8-6-14)21-13(3)16(12(2)20-21)9-10-17(22)23/h4-8H,1,9-11H2,2-3H3,(H,19,24)(H,22,23). The van der Waals surface area contributed by atoms with Crippen molar-refractivity contribution in [1.82, 2.24) is 15.1 Å². The van der Waals surface area contributed by atoms with Crippen LogP contribution in [0.3, 0.4) is 0 Å². The molecule has 126 valence electrons. The molecule has 1 heterocycles. The van der Waals surface area contributed by atoms with Crippen molar-refractivity contribution in [3.63, 3.8) is 0 Å². The molecule has 1 aromatic carbocycles. The minimum absolute atomic E-state index is 0.0792. The Bertz CT molecular complexity index is 761. The lowest BCUT2D eigenvalue weighted by atomic mass is 10.1. The number of amides is 1. The van der Waals surface area contributed by atoms with E-state index >= 15 is 0 Å². The van der Waals surface area contributed by atoms with E-state index in [1.54, 1.807) is 22.9 Å². The van der Waals surface area contributed by atoms with Gasteiger partial charge in [-0.1, -0.05) is 6.08 Å². The molecule has 24 heavy (non-hydrogen) atoms. The second-order valence-electron chi connectivity index (χ2n) is 5.50. The number of nitrogens with zero attached hydrogens (tertiary/aromatic N) is 2. The Balaban J connectivity index is 2.23. The average molecular weight is 327 g/mol. The molecule has 2 rings (SSSR count). The molecule has 0 aliphatic heterocycles. The molecule has 0 bridgehead atoms. The van der Waals surface area contributed by atoms with E-state index in [9.17, 15) is 9.59 Å². The number of aromatic nitrogens is 2. The Hall–Kier alpha value is -2.89. The predicted molar refractivity (Wildman–Crippen MR) is 91.5 cm³/mol. The molecule has 0 aliphatic carbocycles. The van der Waals surface area contributed by atoms with Gasteiger partial charge < -0.3 is 10.4 Å². The molecule has 0 saturated heterocycles. The number of hydrogen-bond donors (Lipinski definition) is 2. The number of hydrogen-bond acceptors (Lipinski definition) is 3. The van der Waals surface area contributed by atoms with Crippen molar-refractivity contribution in [3.8, 4) is 5.69 Å². The maximum absolute atomic E-state index is 11.9. The number of nitrogens with one attached hydrogen (secondary N) is 1. The maximum atomic E-state index is 11.9. The third-order valence-electron chi connectivity index (χ3n) is 3.81. The fourth-order valence-electron chi connectivity index (χ4n) is 2.54. The third kappa shape index (κ3) is 3.90. The van der Waals surface area contributed by atoms with E-state index in [1.165, 1.54) is 0 Å². The molecule has 0 aliphatic rings. The van der Waals surface area contributed by atoms with E-state index in [0.29, 0.717) is 18.5 Å². The third-order valence-corrected chi connectivity index (χ3v) is 3.81. The molecule has 0 spiro atoms. The lowest BCUT2D eigenvalue weighted by molar-refractivity contribution is -0.136. The van der Waals surface area contributed by atoms with Gasteiger partial charge in [0.15, 0.2) is 0 Å². The van der Waals surface area contributed by atoms with Crippen molar-refractivity contribution in [2.75, 3.05) is 6.54 Å². The fraction of sp³-hybridized carbons (Fsp3) is 0.278. The van der Waals surface area contributed by atoms with E-state index in [-0.39, 0.29) is 12.3 Å². The van der Waals surface area contributed by atoms with Gasteiger partial charge in [-0.05, 0) is 50.1 Å². The van der Waals surface area contributed by atoms with Gasteiger partial charge in [0.05, 0.1) is 11.4 Å². The Morgan fingerprint density at radius 3 is 2.54 bits per heavy atom. The molecule has 2 aromatic rings. The van der Waals surface area contributed by atoms with Crippen molar-refractivity contribution in [2.24, 2.45) is 0 Å². The Morgan fingerprint density at radius 2 is 1.96 bits per heavy atom. The van der Waals surface area contributed by atoms with Crippen LogP contribution in [-0.4, -0.2) is 33.3 Å². The highest BCUT2D eigenvalue weighted by atomic mass is 16.4. The predicted octanol–water partition coefficient (Wildman–Crippen LogP) is 2.42. The minimum atomic E-state index is -0.823. The first-order valence-electron chi connectivity index (χ1n) is 7.70. The van der Waals surface area contributed by atoms with E-state index in [4.69, 9.17) is 5.11 Å². The van der Waals surface area contributed by atoms with Gasteiger partial charge in [-0.15, -0.1) is 6.58 Å². The SMILES string of the molecule is C=CCNC(=O)c1ccc(-n2nc(C)c(CCC(=O)O)c2C)cc1. The normalized spacial score (nSPS) is 10.4. The van der Waals surface area contributed by atoms with Crippen LogP contribution >= 0.6 is 0 Å². The van der Waals surface area contributed by atoms with Crippen LogP contribution in [0.4, 0.5) is 0 Å². The van der Waals surface area contributed by atoms with E-state index in [2.05, 4.69) is 17.0 Å². The summed E-state index contributed by atoms with van der Waals surface area (Å²) in [4.78, 5) is 22.7. The molecule has 6 nitrogen and oxygen atoms in total. The zero-order valence-corrected chi connectivity index (χ0v) is 13.9. The second-order valence-corrected chi connectivity index (χ2v) is 5.50. The van der Waals surface area contributed by atoms with Crippen LogP contribution in [0, 0.1) is 13.8 Å². The molecule has 0 saturated carbocycles. The van der Waals surface area contributed by atoms with Crippen LogP contribution in [-0.2, 0) is 11.2 Å². The number of carboxylic acids is 1. The average Bonchev–Trinajstić information content (AvgIpc) is 2.85. The Labute approximate surface area is 140 Å². The summed E-state index contributed by atoms with van der Waals surface area (Å²) in [6, 6.07) is 7.12. The van der Waals surface area contributed by atoms with Gasteiger partial charge in [0.1, 0.15) is 0 Å². The smallest absolute Gasteiger partial charge is 0.303 e. The molecule has 0 atom stereocenters. The topological polar surface area (TPSA) is 84.2 Å². The molecular weight excluding hydrogens is 306 g/mol. The number of carbonyl (C=O) groups is 2. The van der Waals surface area contributed by atoms with Gasteiger partial charge in [0.25, 0.3) is 5.91 Å². The number of aryl methyl sites for hydroxylation is 1. The molecule has 1 aromatic heterocycles. The zero-order chi connectivity index (χ0) is 17.7. The summed E-state index contributed by atoms with van der Waals surface area (Å²) in [5, 5.41) is 16.1. The van der Waals surface area contributed by atoms with E-state index in [0.717, 1.165) is 22.6 Å². The van der Waals surface area contributed by atoms with Gasteiger partial charge in [-0.25, -0.2) is 4.68 Å². The van der Waals surface area contributed by atoms with Gasteiger partial charge in [-0.3, -0.25) is 9.59 Å². The molecule has 6 heteroatoms. The summed E-state index contributed by atoms with van der Waals surface area (Å²) < 4.78 is 1.78. The van der Waals surface area contributed by atoms with Crippen molar-refractivity contribution in [3.05, 3.63) is 59.4 Å². The number of carboxylic acid groups (broad SMARTS) is 1. The van der Waals surface area contributed by atoms with Crippen molar-refractivity contribution >= 4 is 11.9 Å². The highest BCUT2D eigenvalue weighted by Crippen LogP contribution is 2.19. The van der Waals surface area contributed by atoms with E-state index < -0.39 is 5.97 Å². The van der Waals surface area contributed by atoms with Gasteiger partial charge >= 0.3 is 5.97 Å². The van der Waals surface area contributed by atoms with Gasteiger partial charge in [0.2, 0.25) is 0 Å². The Kier molecular flexibility index (Phi) is 5.52. The first-order chi connectivity index (χ1) is 11.4. The minimum Gasteiger partial charge on any atom is -0.481 e. The first-order valence-corrected chi connectivity index (χ1v) is 7.70. The number of benzene rings is 1. The highest BCUT2D eigenvalue weighted by Gasteiger charge is 2.14. The first kappa shape index (κ1) is 17.5. The van der Waals surface area contributed by atoms with Crippen molar-refractivity contribution in [1.29, 1.82) is 0 Å². The number of aliphatic carboxylic acids is 1. The number of rotatable bonds is 7. The summed E-state index contributed by atoms with van der Waals surface area (Å²) >= 11 is 0. The largest absolute Gasteiger partial charge is 0.481 e. The lowest BCUT2D eigenvalue weighted by Crippen LogP contribution is -2.23. The number of carbonyl (C=O) groups excluding carboxylic acids is 1. The molecule has 0 fully saturated rings. The highest BCUT2D eigenvalue weighted by molar-refractivity contribution is 5.94. The van der Waals surface area contributed by atoms with Gasteiger partial charge in [0, 0.05) is 24.2 Å². The van der Waals surface area contributed by atoms with E-state index in [1.807, 2.05) is 26.0 Å². The quantitative estimate of drug-likeness (QED) is 0.765.